The van der Waals surface area contributed by atoms with Crippen LogP contribution in [0.5, 0.6) is 0 Å². The van der Waals surface area contributed by atoms with Crippen molar-refractivity contribution in [2.75, 3.05) is 32.7 Å². The number of ether oxygens (including phenoxy) is 1. The number of hydrogen-bond donors (Lipinski definition) is 1. The minimum absolute atomic E-state index is 0.0414. The van der Waals surface area contributed by atoms with E-state index in [9.17, 15) is 19.1 Å². The van der Waals surface area contributed by atoms with E-state index in [1.165, 1.54) is 37.1 Å². The molecule has 0 radical (unpaired) electrons. The number of aliphatic hydroxyl groups is 1. The molecule has 1 N–H and O–H groups in total. The molecule has 0 spiro atoms. The van der Waals surface area contributed by atoms with E-state index in [4.69, 9.17) is 39.5 Å². The summed E-state index contributed by atoms with van der Waals surface area (Å²) >= 11 is 17.7. The molecule has 0 saturated carbocycles. The lowest BCUT2D eigenvalue weighted by Gasteiger charge is -2.38. The molecule has 2 aliphatic heterocycles. The second-order valence-electron chi connectivity index (χ2n) is 11.7. The number of halogens is 4. The standard InChI is InChI=1S/C21H23ClFNO2.C14H17Cl2NO2/c22-18-7-5-17(6-8-18)21(26)11-14-24(15-12-21)13-1-2-20(25)16-3-9-19(23)10-4-16;1-10(17-6-2-3-7-17)19-14(18)9-11-4-5-12(15)13(16)8-11/h3-10,26H,1-2,11-15H2;4-5,8,10H,2-3,6-7,9H2,1H3. The van der Waals surface area contributed by atoms with Crippen LogP contribution in [0.15, 0.2) is 66.7 Å². The van der Waals surface area contributed by atoms with Crippen LogP contribution in [-0.2, 0) is 21.6 Å². The zero-order valence-electron chi connectivity index (χ0n) is 25.5. The predicted octanol–water partition coefficient (Wildman–Crippen LogP) is 7.95. The Balaban J connectivity index is 0.000000215. The number of benzene rings is 3. The average molecular weight is 678 g/mol. The van der Waals surface area contributed by atoms with Crippen molar-refractivity contribution in [3.63, 3.8) is 0 Å². The second kappa shape index (κ2) is 16.9. The number of piperidine rings is 1. The van der Waals surface area contributed by atoms with Gasteiger partial charge in [-0.1, -0.05) is 53.0 Å². The fraction of sp³-hybridized carbons (Fsp3) is 0.429. The fourth-order valence-electron chi connectivity index (χ4n) is 5.67. The number of esters is 1. The summed E-state index contributed by atoms with van der Waals surface area (Å²) in [6.45, 7) is 6.33. The molecule has 45 heavy (non-hydrogen) atoms. The van der Waals surface area contributed by atoms with Crippen molar-refractivity contribution in [3.8, 4) is 0 Å². The lowest BCUT2D eigenvalue weighted by Crippen LogP contribution is -2.42. The Morgan fingerprint density at radius 2 is 1.56 bits per heavy atom. The molecule has 10 heteroatoms. The molecule has 0 aliphatic carbocycles. The van der Waals surface area contributed by atoms with E-state index in [-0.39, 0.29) is 30.2 Å². The molecule has 2 heterocycles. The summed E-state index contributed by atoms with van der Waals surface area (Å²) in [5, 5.41) is 12.5. The normalized spacial score (nSPS) is 17.3. The molecule has 0 amide bonds. The van der Waals surface area contributed by atoms with E-state index in [0.717, 1.165) is 50.3 Å². The highest BCUT2D eigenvalue weighted by Gasteiger charge is 2.33. The molecule has 1 atom stereocenters. The van der Waals surface area contributed by atoms with Crippen LogP contribution in [0, 0.1) is 5.82 Å². The lowest BCUT2D eigenvalue weighted by molar-refractivity contribution is -0.155. The van der Waals surface area contributed by atoms with Crippen molar-refractivity contribution in [3.05, 3.63) is 104 Å². The van der Waals surface area contributed by atoms with Crippen molar-refractivity contribution in [2.45, 2.75) is 63.7 Å². The van der Waals surface area contributed by atoms with Crippen molar-refractivity contribution in [2.24, 2.45) is 0 Å². The highest BCUT2D eigenvalue weighted by molar-refractivity contribution is 6.42. The third-order valence-electron chi connectivity index (χ3n) is 8.40. The van der Waals surface area contributed by atoms with Gasteiger partial charge in [0.25, 0.3) is 0 Å². The van der Waals surface area contributed by atoms with Gasteiger partial charge in [0, 0.05) is 43.2 Å². The number of nitrogens with zero attached hydrogens (tertiary/aromatic N) is 2. The van der Waals surface area contributed by atoms with Gasteiger partial charge in [-0.15, -0.1) is 0 Å². The Morgan fingerprint density at radius 1 is 0.911 bits per heavy atom. The van der Waals surface area contributed by atoms with Crippen LogP contribution in [0.3, 0.4) is 0 Å². The molecule has 3 aromatic carbocycles. The Labute approximate surface area is 280 Å². The molecule has 0 bridgehead atoms. The first kappa shape index (κ1) is 35.3. The number of likely N-dealkylation sites (tertiary alicyclic amines) is 2. The van der Waals surface area contributed by atoms with Gasteiger partial charge >= 0.3 is 5.97 Å². The van der Waals surface area contributed by atoms with Crippen LogP contribution in [0.4, 0.5) is 4.39 Å². The number of hydrogen-bond acceptors (Lipinski definition) is 6. The minimum Gasteiger partial charge on any atom is -0.446 e. The third-order valence-corrected chi connectivity index (χ3v) is 9.39. The predicted molar refractivity (Wildman–Crippen MR) is 178 cm³/mol. The van der Waals surface area contributed by atoms with E-state index < -0.39 is 5.60 Å². The summed E-state index contributed by atoms with van der Waals surface area (Å²) in [4.78, 5) is 28.4. The van der Waals surface area contributed by atoms with Gasteiger partial charge in [-0.3, -0.25) is 14.5 Å². The van der Waals surface area contributed by atoms with Gasteiger partial charge in [0.15, 0.2) is 12.0 Å². The summed E-state index contributed by atoms with van der Waals surface area (Å²) in [6, 6.07) is 18.3. The van der Waals surface area contributed by atoms with Crippen LogP contribution in [0.1, 0.15) is 66.9 Å². The molecule has 1 unspecified atom stereocenters. The molecule has 2 aliphatic rings. The Hall–Kier alpha value is -2.52. The second-order valence-corrected chi connectivity index (χ2v) is 12.9. The van der Waals surface area contributed by atoms with E-state index in [1.54, 1.807) is 18.2 Å². The topological polar surface area (TPSA) is 70.1 Å². The first-order valence-corrected chi connectivity index (χ1v) is 16.5. The number of rotatable bonds is 10. The molecule has 0 aromatic heterocycles. The number of ketones is 1. The largest absolute Gasteiger partial charge is 0.446 e. The average Bonchev–Trinajstić information content (AvgIpc) is 3.57. The van der Waals surface area contributed by atoms with E-state index in [1.807, 2.05) is 31.2 Å². The van der Waals surface area contributed by atoms with E-state index >= 15 is 0 Å². The lowest BCUT2D eigenvalue weighted by atomic mass is 9.84. The molecule has 3 aromatic rings. The van der Waals surface area contributed by atoms with Crippen LogP contribution >= 0.6 is 34.8 Å². The van der Waals surface area contributed by atoms with Crippen molar-refractivity contribution >= 4 is 46.6 Å². The summed E-state index contributed by atoms with van der Waals surface area (Å²) < 4.78 is 18.3. The Bertz CT molecular complexity index is 1410. The third kappa shape index (κ3) is 10.8. The van der Waals surface area contributed by atoms with Crippen LogP contribution < -0.4 is 0 Å². The first-order valence-electron chi connectivity index (χ1n) is 15.4. The van der Waals surface area contributed by atoms with Gasteiger partial charge in [0.2, 0.25) is 0 Å². The summed E-state index contributed by atoms with van der Waals surface area (Å²) in [5.41, 5.74) is 1.48. The quantitative estimate of drug-likeness (QED) is 0.174. The Morgan fingerprint density at radius 3 is 2.18 bits per heavy atom. The van der Waals surface area contributed by atoms with Gasteiger partial charge in [0.05, 0.1) is 22.1 Å². The van der Waals surface area contributed by atoms with Gasteiger partial charge < -0.3 is 14.7 Å². The molecule has 242 valence electrons. The number of Topliss-reactive ketones (excluding diaryl/α,β-unsaturated/α-hetero) is 1. The SMILES string of the molecule is CC(OC(=O)Cc1ccc(Cl)c(Cl)c1)N1CCCC1.O=C(CCCN1CCC(O)(c2ccc(Cl)cc2)CC1)c1ccc(F)cc1. The fourth-order valence-corrected chi connectivity index (χ4v) is 6.11. The zero-order valence-corrected chi connectivity index (χ0v) is 27.8. The Kier molecular flexibility index (Phi) is 13.2. The number of carbonyl (C=O) groups is 2. The van der Waals surface area contributed by atoms with Gasteiger partial charge in [-0.25, -0.2) is 4.39 Å². The molecular weight excluding hydrogens is 638 g/mol. The van der Waals surface area contributed by atoms with E-state index in [0.29, 0.717) is 39.9 Å². The van der Waals surface area contributed by atoms with Gasteiger partial charge in [-0.05, 0) is 105 Å². The van der Waals surface area contributed by atoms with Gasteiger partial charge in [-0.2, -0.15) is 0 Å². The molecule has 6 nitrogen and oxygen atoms in total. The van der Waals surface area contributed by atoms with Crippen molar-refractivity contribution in [1.29, 1.82) is 0 Å². The molecule has 2 fully saturated rings. The summed E-state index contributed by atoms with van der Waals surface area (Å²) in [7, 11) is 0. The molecular formula is C35H40Cl3FN2O4. The highest BCUT2D eigenvalue weighted by atomic mass is 35.5. The highest BCUT2D eigenvalue weighted by Crippen LogP contribution is 2.33. The molecule has 2 saturated heterocycles. The summed E-state index contributed by atoms with van der Waals surface area (Å²) in [6.07, 6.45) is 4.95. The smallest absolute Gasteiger partial charge is 0.311 e. The maximum Gasteiger partial charge on any atom is 0.311 e. The monoisotopic (exact) mass is 676 g/mol. The van der Waals surface area contributed by atoms with Crippen molar-refractivity contribution < 1.29 is 23.8 Å². The van der Waals surface area contributed by atoms with Crippen LogP contribution in [-0.4, -0.2) is 65.6 Å². The minimum atomic E-state index is -0.801. The first-order chi connectivity index (χ1) is 21.5. The number of carbonyl (C=O) groups excluding carboxylic acids is 2. The molecule has 5 rings (SSSR count). The van der Waals surface area contributed by atoms with Crippen LogP contribution in [0.25, 0.3) is 0 Å². The zero-order chi connectivity index (χ0) is 32.4. The maximum atomic E-state index is 12.9. The van der Waals surface area contributed by atoms with E-state index in [2.05, 4.69) is 9.80 Å². The van der Waals surface area contributed by atoms with Crippen molar-refractivity contribution in [1.82, 2.24) is 9.80 Å². The van der Waals surface area contributed by atoms with Crippen LogP contribution in [0.2, 0.25) is 15.1 Å². The van der Waals surface area contributed by atoms with Gasteiger partial charge in [0.1, 0.15) is 5.82 Å². The summed E-state index contributed by atoms with van der Waals surface area (Å²) in [5.74, 6) is -0.527. The maximum absolute atomic E-state index is 12.9.